The molecule has 158 valence electrons. The molecule has 0 saturated carbocycles. The summed E-state index contributed by atoms with van der Waals surface area (Å²) in [6, 6.07) is 25.6. The van der Waals surface area contributed by atoms with Crippen molar-refractivity contribution >= 4 is 22.7 Å². The Bertz CT molecular complexity index is 1300. The Hall–Kier alpha value is -4.19. The highest BCUT2D eigenvalue weighted by Gasteiger charge is 2.28. The van der Waals surface area contributed by atoms with E-state index in [1.54, 1.807) is 6.07 Å². The first kappa shape index (κ1) is 19.8. The molecule has 1 amide bonds. The van der Waals surface area contributed by atoms with E-state index in [1.165, 1.54) is 0 Å². The van der Waals surface area contributed by atoms with E-state index in [1.807, 2.05) is 78.9 Å². The Kier molecular flexibility index (Phi) is 5.25. The molecule has 2 N–H and O–H groups in total. The van der Waals surface area contributed by atoms with E-state index in [0.717, 1.165) is 11.1 Å². The van der Waals surface area contributed by atoms with Crippen LogP contribution in [0.1, 0.15) is 22.0 Å². The van der Waals surface area contributed by atoms with Gasteiger partial charge in [-0.2, -0.15) is 0 Å². The number of nitrogens with zero attached hydrogens (tertiary/aromatic N) is 2. The minimum atomic E-state index is -0.558. The number of carbonyl (C=O) groups is 1. The average molecular weight is 423 g/mol. The van der Waals surface area contributed by atoms with E-state index >= 15 is 0 Å². The lowest BCUT2D eigenvalue weighted by Crippen LogP contribution is -2.34. The van der Waals surface area contributed by atoms with E-state index in [-0.39, 0.29) is 11.3 Å². The Morgan fingerprint density at radius 1 is 0.938 bits per heavy atom. The SMILES string of the molecule is O=C(NC(C1=NCCO1)c1ccccc1)c1c(O)c(-c2ccccc2)nc2ccccc12. The lowest BCUT2D eigenvalue weighted by atomic mass is 10.0. The van der Waals surface area contributed by atoms with Crippen LogP contribution in [0.3, 0.4) is 0 Å². The maximum atomic E-state index is 13.6. The lowest BCUT2D eigenvalue weighted by molar-refractivity contribution is 0.0942. The molecule has 0 fully saturated rings. The fraction of sp³-hybridized carbons (Fsp3) is 0.115. The van der Waals surface area contributed by atoms with Crippen molar-refractivity contribution in [1.82, 2.24) is 10.3 Å². The third kappa shape index (κ3) is 3.67. The monoisotopic (exact) mass is 423 g/mol. The second-order valence-corrected chi connectivity index (χ2v) is 7.45. The number of amides is 1. The van der Waals surface area contributed by atoms with Crippen molar-refractivity contribution in [2.75, 3.05) is 13.2 Å². The van der Waals surface area contributed by atoms with Crippen molar-refractivity contribution in [3.8, 4) is 17.0 Å². The van der Waals surface area contributed by atoms with E-state index in [4.69, 9.17) is 4.74 Å². The predicted octanol–water partition coefficient (Wildman–Crippen LogP) is 4.51. The van der Waals surface area contributed by atoms with Crippen molar-refractivity contribution < 1.29 is 14.6 Å². The summed E-state index contributed by atoms with van der Waals surface area (Å²) in [4.78, 5) is 22.6. The molecule has 6 heteroatoms. The number of benzene rings is 3. The largest absolute Gasteiger partial charge is 0.505 e. The highest BCUT2D eigenvalue weighted by Crippen LogP contribution is 2.35. The molecule has 3 aromatic carbocycles. The Labute approximate surface area is 185 Å². The summed E-state index contributed by atoms with van der Waals surface area (Å²) in [6.45, 7) is 1.03. The molecule has 1 aromatic heterocycles. The molecule has 0 radical (unpaired) electrons. The molecule has 0 saturated heterocycles. The molecular weight excluding hydrogens is 402 g/mol. The highest BCUT2D eigenvalue weighted by atomic mass is 16.5. The average Bonchev–Trinajstić information content (AvgIpc) is 3.38. The van der Waals surface area contributed by atoms with Gasteiger partial charge in [-0.3, -0.25) is 4.79 Å². The van der Waals surface area contributed by atoms with Crippen LogP contribution in [0.15, 0.2) is 89.9 Å². The van der Waals surface area contributed by atoms with Gasteiger partial charge in [0.2, 0.25) is 5.90 Å². The zero-order chi connectivity index (χ0) is 21.9. The van der Waals surface area contributed by atoms with Gasteiger partial charge in [-0.15, -0.1) is 0 Å². The second kappa shape index (κ2) is 8.51. The molecule has 4 aromatic rings. The summed E-state index contributed by atoms with van der Waals surface area (Å²) >= 11 is 0. The summed E-state index contributed by atoms with van der Waals surface area (Å²) in [7, 11) is 0. The molecule has 32 heavy (non-hydrogen) atoms. The Balaban J connectivity index is 1.62. The molecular formula is C26H21N3O3. The van der Waals surface area contributed by atoms with E-state index in [0.29, 0.717) is 35.6 Å². The molecule has 0 aliphatic carbocycles. The summed E-state index contributed by atoms with van der Waals surface area (Å²) in [5.74, 6) is -0.121. The van der Waals surface area contributed by atoms with Gasteiger partial charge in [0.1, 0.15) is 18.3 Å². The highest BCUT2D eigenvalue weighted by molar-refractivity contribution is 6.11. The van der Waals surface area contributed by atoms with Crippen molar-refractivity contribution in [2.24, 2.45) is 4.99 Å². The first-order chi connectivity index (χ1) is 15.7. The number of ether oxygens (including phenoxy) is 1. The van der Waals surface area contributed by atoms with Crippen molar-refractivity contribution in [3.05, 3.63) is 96.1 Å². The molecule has 1 atom stereocenters. The van der Waals surface area contributed by atoms with Gasteiger partial charge in [-0.25, -0.2) is 9.98 Å². The molecule has 1 unspecified atom stereocenters. The van der Waals surface area contributed by atoms with Crippen LogP contribution in [0.5, 0.6) is 5.75 Å². The molecule has 0 spiro atoms. The number of hydrogen-bond acceptors (Lipinski definition) is 5. The number of nitrogens with one attached hydrogen (secondary N) is 1. The summed E-state index contributed by atoms with van der Waals surface area (Å²) in [6.07, 6.45) is 0. The number of aromatic nitrogens is 1. The fourth-order valence-electron chi connectivity index (χ4n) is 3.89. The van der Waals surface area contributed by atoms with Gasteiger partial charge in [0.25, 0.3) is 5.91 Å². The quantitative estimate of drug-likeness (QED) is 0.495. The van der Waals surface area contributed by atoms with Gasteiger partial charge in [-0.1, -0.05) is 78.9 Å². The van der Waals surface area contributed by atoms with Crippen LogP contribution in [-0.2, 0) is 4.74 Å². The van der Waals surface area contributed by atoms with E-state index < -0.39 is 11.9 Å². The number of aliphatic imine (C=N–C) groups is 1. The van der Waals surface area contributed by atoms with Crippen LogP contribution in [0.4, 0.5) is 0 Å². The van der Waals surface area contributed by atoms with E-state index in [2.05, 4.69) is 15.3 Å². The third-order valence-electron chi connectivity index (χ3n) is 5.41. The van der Waals surface area contributed by atoms with E-state index in [9.17, 15) is 9.90 Å². The van der Waals surface area contributed by atoms with Crippen molar-refractivity contribution in [3.63, 3.8) is 0 Å². The second-order valence-electron chi connectivity index (χ2n) is 7.45. The van der Waals surface area contributed by atoms with Crippen LogP contribution in [-0.4, -0.2) is 35.0 Å². The van der Waals surface area contributed by atoms with Crippen molar-refractivity contribution in [2.45, 2.75) is 6.04 Å². The zero-order valence-electron chi connectivity index (χ0n) is 17.2. The van der Waals surface area contributed by atoms with Gasteiger partial charge in [0.05, 0.1) is 17.6 Å². The van der Waals surface area contributed by atoms with Crippen LogP contribution >= 0.6 is 0 Å². The van der Waals surface area contributed by atoms with Gasteiger partial charge in [-0.05, 0) is 11.6 Å². The lowest BCUT2D eigenvalue weighted by Gasteiger charge is -2.20. The normalized spacial score (nSPS) is 13.9. The maximum Gasteiger partial charge on any atom is 0.256 e. The first-order valence-corrected chi connectivity index (χ1v) is 10.4. The fourth-order valence-corrected chi connectivity index (χ4v) is 3.89. The molecule has 2 heterocycles. The van der Waals surface area contributed by atoms with Gasteiger partial charge in [0, 0.05) is 10.9 Å². The Morgan fingerprint density at radius 2 is 1.62 bits per heavy atom. The van der Waals surface area contributed by atoms with Crippen LogP contribution in [0, 0.1) is 0 Å². The van der Waals surface area contributed by atoms with Crippen LogP contribution in [0.25, 0.3) is 22.2 Å². The van der Waals surface area contributed by atoms with Gasteiger partial charge >= 0.3 is 0 Å². The predicted molar refractivity (Wildman–Crippen MR) is 124 cm³/mol. The maximum absolute atomic E-state index is 13.6. The number of fused-ring (bicyclic) bond motifs is 1. The smallest absolute Gasteiger partial charge is 0.256 e. The first-order valence-electron chi connectivity index (χ1n) is 10.4. The topological polar surface area (TPSA) is 83.8 Å². The minimum Gasteiger partial charge on any atom is -0.505 e. The number of para-hydroxylation sites is 1. The Morgan fingerprint density at radius 3 is 2.34 bits per heavy atom. The van der Waals surface area contributed by atoms with Crippen LogP contribution in [0.2, 0.25) is 0 Å². The van der Waals surface area contributed by atoms with Gasteiger partial charge < -0.3 is 15.2 Å². The van der Waals surface area contributed by atoms with Crippen LogP contribution < -0.4 is 5.32 Å². The number of aromatic hydroxyl groups is 1. The molecule has 1 aliphatic heterocycles. The standard InChI is InChI=1S/C26H21N3O3/c30-24-21(19-13-7-8-14-20(19)28-22(24)17-9-3-1-4-10-17)25(31)29-23(26-27-15-16-32-26)18-11-5-2-6-12-18/h1-14,23,30H,15-16H2,(H,29,31). The number of rotatable bonds is 5. The number of carbonyl (C=O) groups excluding carboxylic acids is 1. The zero-order valence-corrected chi connectivity index (χ0v) is 17.2. The molecule has 0 bridgehead atoms. The third-order valence-corrected chi connectivity index (χ3v) is 5.41. The number of pyridine rings is 1. The summed E-state index contributed by atoms with van der Waals surface area (Å²) < 4.78 is 5.68. The minimum absolute atomic E-state index is 0.159. The summed E-state index contributed by atoms with van der Waals surface area (Å²) in [5, 5.41) is 14.8. The van der Waals surface area contributed by atoms with Crippen molar-refractivity contribution in [1.29, 1.82) is 0 Å². The number of hydrogen-bond donors (Lipinski definition) is 2. The van der Waals surface area contributed by atoms with Gasteiger partial charge in [0.15, 0.2) is 5.75 Å². The summed E-state index contributed by atoms with van der Waals surface area (Å²) in [5.41, 5.74) is 2.74. The molecule has 6 nitrogen and oxygen atoms in total. The molecule has 5 rings (SSSR count). The molecule has 1 aliphatic rings.